The van der Waals surface area contributed by atoms with Crippen molar-refractivity contribution in [1.29, 1.82) is 0 Å². The van der Waals surface area contributed by atoms with E-state index in [1.54, 1.807) is 0 Å². The molecule has 0 aromatic carbocycles. The second-order valence-corrected chi connectivity index (χ2v) is 10.3. The fourth-order valence-corrected chi connectivity index (χ4v) is 5.34. The van der Waals surface area contributed by atoms with Crippen molar-refractivity contribution in [2.45, 2.75) is 71.8 Å². The summed E-state index contributed by atoms with van der Waals surface area (Å²) in [6, 6.07) is -0.0288. The number of likely N-dealkylation sites (tertiary alicyclic amines) is 3. The van der Waals surface area contributed by atoms with Crippen LogP contribution in [0.2, 0.25) is 0 Å². The highest BCUT2D eigenvalue weighted by molar-refractivity contribution is 5.79. The number of rotatable bonds is 5. The lowest BCUT2D eigenvalue weighted by Gasteiger charge is -2.40. The van der Waals surface area contributed by atoms with E-state index in [0.29, 0.717) is 18.3 Å². The number of hydrogen-bond donors (Lipinski definition) is 0. The summed E-state index contributed by atoms with van der Waals surface area (Å²) in [4.78, 5) is 31.6. The first kappa shape index (κ1) is 22.2. The number of nitrogens with zero attached hydrogens (tertiary/aromatic N) is 5. The molecule has 1 unspecified atom stereocenters. The van der Waals surface area contributed by atoms with Gasteiger partial charge < -0.3 is 14.2 Å². The monoisotopic (exact) mass is 431 g/mol. The third kappa shape index (κ3) is 4.64. The zero-order valence-corrected chi connectivity index (χ0v) is 19.5. The topological polar surface area (TPSA) is 82.8 Å². The summed E-state index contributed by atoms with van der Waals surface area (Å²) in [5.41, 5.74) is 0.0934. The molecule has 1 aromatic heterocycles. The molecule has 31 heavy (non-hydrogen) atoms. The van der Waals surface area contributed by atoms with Gasteiger partial charge in [0.15, 0.2) is 0 Å². The number of hydrogen-bond acceptors (Lipinski definition) is 6. The van der Waals surface area contributed by atoms with Crippen LogP contribution in [0.3, 0.4) is 0 Å². The molecule has 0 radical (unpaired) electrons. The summed E-state index contributed by atoms with van der Waals surface area (Å²) in [6.45, 7) is 12.6. The van der Waals surface area contributed by atoms with Crippen LogP contribution in [0.25, 0.3) is 0 Å². The van der Waals surface area contributed by atoms with Gasteiger partial charge in [-0.25, -0.2) is 0 Å². The summed E-state index contributed by atoms with van der Waals surface area (Å²) in [5, 5.41) is 8.62. The van der Waals surface area contributed by atoms with Gasteiger partial charge in [-0.15, -0.1) is 10.2 Å². The molecular weight excluding hydrogens is 394 g/mol. The Morgan fingerprint density at radius 3 is 2.29 bits per heavy atom. The predicted molar refractivity (Wildman–Crippen MR) is 116 cm³/mol. The zero-order valence-electron chi connectivity index (χ0n) is 19.5. The summed E-state index contributed by atoms with van der Waals surface area (Å²) >= 11 is 0. The summed E-state index contributed by atoms with van der Waals surface area (Å²) < 4.78 is 6.04. The van der Waals surface area contributed by atoms with Crippen LogP contribution < -0.4 is 0 Å². The van der Waals surface area contributed by atoms with Crippen LogP contribution in [0.5, 0.6) is 0 Å². The maximum absolute atomic E-state index is 12.9. The molecule has 3 saturated heterocycles. The molecule has 0 saturated carbocycles. The van der Waals surface area contributed by atoms with Gasteiger partial charge in [0.1, 0.15) is 0 Å². The lowest BCUT2D eigenvalue weighted by atomic mass is 9.76. The molecule has 3 aliphatic heterocycles. The lowest BCUT2D eigenvalue weighted by Crippen LogP contribution is -2.46. The lowest BCUT2D eigenvalue weighted by molar-refractivity contribution is -0.136. The van der Waals surface area contributed by atoms with Crippen molar-refractivity contribution in [3.63, 3.8) is 0 Å². The maximum atomic E-state index is 12.9. The van der Waals surface area contributed by atoms with Crippen molar-refractivity contribution in [2.24, 2.45) is 11.3 Å². The zero-order chi connectivity index (χ0) is 22.2. The second-order valence-electron chi connectivity index (χ2n) is 10.3. The molecule has 1 atom stereocenters. The second kappa shape index (κ2) is 8.88. The first-order chi connectivity index (χ1) is 14.8. The summed E-state index contributed by atoms with van der Waals surface area (Å²) in [5.74, 6) is 1.95. The standard InChI is InChI=1S/C23H37N5O3/c1-16(2)20-24-25-21(31-20)18-13-23(7-11-27(12-8-23)22(30)17(3)4)15-28(18)14-19(29)26-9-5-6-10-26/h16-18H,5-15H2,1-4H3. The Bertz CT molecular complexity index is 791. The third-order valence-corrected chi connectivity index (χ3v) is 7.27. The minimum Gasteiger partial charge on any atom is -0.423 e. The molecular formula is C23H37N5O3. The van der Waals surface area contributed by atoms with Crippen LogP contribution >= 0.6 is 0 Å². The molecule has 0 aliphatic carbocycles. The molecule has 0 N–H and O–H groups in total. The van der Waals surface area contributed by atoms with Gasteiger partial charge in [0.2, 0.25) is 23.6 Å². The predicted octanol–water partition coefficient (Wildman–Crippen LogP) is 2.83. The van der Waals surface area contributed by atoms with Crippen molar-refractivity contribution in [3.8, 4) is 0 Å². The minimum atomic E-state index is -0.0288. The Labute approximate surface area is 185 Å². The Balaban J connectivity index is 1.50. The Morgan fingerprint density at radius 2 is 1.71 bits per heavy atom. The highest BCUT2D eigenvalue weighted by Crippen LogP contribution is 2.49. The fourth-order valence-electron chi connectivity index (χ4n) is 5.34. The molecule has 8 heteroatoms. The van der Waals surface area contributed by atoms with Crippen LogP contribution in [0.4, 0.5) is 0 Å². The van der Waals surface area contributed by atoms with Crippen LogP contribution in [-0.4, -0.2) is 76.0 Å². The maximum Gasteiger partial charge on any atom is 0.236 e. The van der Waals surface area contributed by atoms with E-state index in [4.69, 9.17) is 4.42 Å². The molecule has 4 rings (SSSR count). The molecule has 172 valence electrons. The Morgan fingerprint density at radius 1 is 1.03 bits per heavy atom. The average Bonchev–Trinajstić information content (AvgIpc) is 3.48. The fraction of sp³-hybridized carbons (Fsp3) is 0.826. The van der Waals surface area contributed by atoms with Crippen LogP contribution in [0.1, 0.15) is 83.5 Å². The van der Waals surface area contributed by atoms with Gasteiger partial charge in [0.25, 0.3) is 0 Å². The van der Waals surface area contributed by atoms with Gasteiger partial charge >= 0.3 is 0 Å². The molecule has 0 bridgehead atoms. The van der Waals surface area contributed by atoms with Crippen molar-refractivity contribution >= 4 is 11.8 Å². The first-order valence-corrected chi connectivity index (χ1v) is 11.9. The number of piperidine rings is 1. The van der Waals surface area contributed by atoms with E-state index in [2.05, 4.69) is 15.1 Å². The van der Waals surface area contributed by atoms with Gasteiger partial charge in [-0.1, -0.05) is 27.7 Å². The van der Waals surface area contributed by atoms with E-state index in [9.17, 15) is 9.59 Å². The van der Waals surface area contributed by atoms with Crippen molar-refractivity contribution in [2.75, 3.05) is 39.3 Å². The summed E-state index contributed by atoms with van der Waals surface area (Å²) in [6.07, 6.45) is 5.02. The SMILES string of the molecule is CC(C)C(=O)N1CCC2(CC1)CC(c1nnc(C(C)C)o1)N(CC(=O)N1CCCC1)C2. The van der Waals surface area contributed by atoms with Gasteiger partial charge in [-0.2, -0.15) is 0 Å². The molecule has 2 amide bonds. The van der Waals surface area contributed by atoms with E-state index in [1.807, 2.05) is 37.5 Å². The number of aromatic nitrogens is 2. The van der Waals surface area contributed by atoms with Crippen molar-refractivity contribution < 1.29 is 14.0 Å². The van der Waals surface area contributed by atoms with Crippen molar-refractivity contribution in [3.05, 3.63) is 11.8 Å². The van der Waals surface area contributed by atoms with Crippen LogP contribution in [-0.2, 0) is 9.59 Å². The highest BCUT2D eigenvalue weighted by Gasteiger charge is 2.49. The van der Waals surface area contributed by atoms with Gasteiger partial charge in [0, 0.05) is 44.6 Å². The van der Waals surface area contributed by atoms with E-state index in [0.717, 1.165) is 64.8 Å². The van der Waals surface area contributed by atoms with Crippen LogP contribution in [0.15, 0.2) is 4.42 Å². The van der Waals surface area contributed by atoms with E-state index < -0.39 is 0 Å². The average molecular weight is 432 g/mol. The third-order valence-electron chi connectivity index (χ3n) is 7.27. The molecule has 1 spiro atoms. The van der Waals surface area contributed by atoms with E-state index >= 15 is 0 Å². The molecule has 1 aromatic rings. The Kier molecular flexibility index (Phi) is 6.37. The largest absolute Gasteiger partial charge is 0.423 e. The number of amides is 2. The number of carbonyl (C=O) groups is 2. The summed E-state index contributed by atoms with van der Waals surface area (Å²) in [7, 11) is 0. The molecule has 3 aliphatic rings. The highest BCUT2D eigenvalue weighted by atomic mass is 16.4. The smallest absolute Gasteiger partial charge is 0.236 e. The Hall–Kier alpha value is -1.96. The minimum absolute atomic E-state index is 0.0288. The normalized spacial score (nSPS) is 24.1. The van der Waals surface area contributed by atoms with Crippen molar-refractivity contribution in [1.82, 2.24) is 24.9 Å². The van der Waals surface area contributed by atoms with E-state index in [-0.39, 0.29) is 35.1 Å². The molecule has 4 heterocycles. The molecule has 8 nitrogen and oxygen atoms in total. The van der Waals surface area contributed by atoms with Gasteiger partial charge in [-0.3, -0.25) is 14.5 Å². The molecule has 3 fully saturated rings. The first-order valence-electron chi connectivity index (χ1n) is 11.9. The van der Waals surface area contributed by atoms with Gasteiger partial charge in [-0.05, 0) is 37.5 Å². The van der Waals surface area contributed by atoms with Crippen LogP contribution in [0, 0.1) is 11.3 Å². The van der Waals surface area contributed by atoms with E-state index in [1.165, 1.54) is 0 Å². The number of carbonyl (C=O) groups excluding carboxylic acids is 2. The quantitative estimate of drug-likeness (QED) is 0.713. The van der Waals surface area contributed by atoms with Gasteiger partial charge in [0.05, 0.1) is 12.6 Å².